The summed E-state index contributed by atoms with van der Waals surface area (Å²) in [5.74, 6) is 1.92. The second kappa shape index (κ2) is 7.64. The van der Waals surface area contributed by atoms with Crippen molar-refractivity contribution in [1.82, 2.24) is 20.4 Å². The molecule has 0 fully saturated rings. The molecule has 0 spiro atoms. The van der Waals surface area contributed by atoms with Crippen LogP contribution in [0.3, 0.4) is 0 Å². The van der Waals surface area contributed by atoms with Crippen molar-refractivity contribution in [3.8, 4) is 5.75 Å². The minimum absolute atomic E-state index is 0.272. The zero-order valence-electron chi connectivity index (χ0n) is 14.7. The van der Waals surface area contributed by atoms with Crippen LogP contribution in [0.2, 0.25) is 0 Å². The minimum Gasteiger partial charge on any atom is -0.497 e. The molecule has 0 aliphatic rings. The number of amides is 1. The Morgan fingerprint density at radius 2 is 1.92 bits per heavy atom. The summed E-state index contributed by atoms with van der Waals surface area (Å²) in [5, 5.41) is 9.60. The first-order valence-electron chi connectivity index (χ1n) is 8.00. The first-order valence-corrected chi connectivity index (χ1v) is 8.00. The van der Waals surface area contributed by atoms with Crippen LogP contribution in [-0.4, -0.2) is 28.1 Å². The standard InChI is InChI=1S/C18H19N5O3/c1-11-8-15(21-18(20-11)22-16-9-12(2)26-23-16)17(24)19-10-13-4-6-14(25-3)7-5-13/h4-9H,10H2,1-3H3,(H,19,24)(H,20,21,22,23). The number of benzene rings is 1. The van der Waals surface area contributed by atoms with Crippen LogP contribution in [0.15, 0.2) is 40.9 Å². The molecule has 0 aliphatic carbocycles. The minimum atomic E-state index is -0.286. The van der Waals surface area contributed by atoms with E-state index in [9.17, 15) is 4.79 Å². The highest BCUT2D eigenvalue weighted by Gasteiger charge is 2.12. The molecule has 134 valence electrons. The van der Waals surface area contributed by atoms with Crippen LogP contribution in [0.25, 0.3) is 0 Å². The Bertz CT molecular complexity index is 905. The van der Waals surface area contributed by atoms with Gasteiger partial charge in [-0.05, 0) is 37.6 Å². The van der Waals surface area contributed by atoms with Crippen LogP contribution in [-0.2, 0) is 6.54 Å². The summed E-state index contributed by atoms with van der Waals surface area (Å²) in [4.78, 5) is 20.9. The molecule has 0 unspecified atom stereocenters. The van der Waals surface area contributed by atoms with E-state index in [0.29, 0.717) is 23.8 Å². The molecule has 3 rings (SSSR count). The molecule has 3 aromatic rings. The van der Waals surface area contributed by atoms with Gasteiger partial charge in [-0.3, -0.25) is 4.79 Å². The Balaban J connectivity index is 1.68. The molecule has 0 aliphatic heterocycles. The molecule has 8 nitrogen and oxygen atoms in total. The number of rotatable bonds is 6. The van der Waals surface area contributed by atoms with Crippen LogP contribution in [0.5, 0.6) is 5.75 Å². The molecule has 2 heterocycles. The smallest absolute Gasteiger partial charge is 0.270 e. The lowest BCUT2D eigenvalue weighted by molar-refractivity contribution is 0.0945. The number of hydrogen-bond donors (Lipinski definition) is 2. The number of aryl methyl sites for hydroxylation is 2. The van der Waals surface area contributed by atoms with Gasteiger partial charge >= 0.3 is 0 Å². The lowest BCUT2D eigenvalue weighted by Crippen LogP contribution is -2.24. The Morgan fingerprint density at radius 1 is 1.15 bits per heavy atom. The van der Waals surface area contributed by atoms with Gasteiger partial charge in [0.2, 0.25) is 5.95 Å². The second-order valence-corrected chi connectivity index (χ2v) is 5.70. The van der Waals surface area contributed by atoms with E-state index in [1.54, 1.807) is 33.1 Å². The van der Waals surface area contributed by atoms with Gasteiger partial charge in [0.1, 0.15) is 17.2 Å². The van der Waals surface area contributed by atoms with E-state index in [-0.39, 0.29) is 17.5 Å². The predicted molar refractivity (Wildman–Crippen MR) is 95.5 cm³/mol. The first kappa shape index (κ1) is 17.4. The number of methoxy groups -OCH3 is 1. The second-order valence-electron chi connectivity index (χ2n) is 5.70. The molecule has 0 saturated heterocycles. The van der Waals surface area contributed by atoms with Crippen molar-refractivity contribution in [3.63, 3.8) is 0 Å². The zero-order chi connectivity index (χ0) is 18.5. The van der Waals surface area contributed by atoms with Crippen molar-refractivity contribution in [2.75, 3.05) is 12.4 Å². The molecule has 0 radical (unpaired) electrons. The number of nitrogens with one attached hydrogen (secondary N) is 2. The fourth-order valence-corrected chi connectivity index (χ4v) is 2.30. The summed E-state index contributed by atoms with van der Waals surface area (Å²) in [6.07, 6.45) is 0. The van der Waals surface area contributed by atoms with E-state index < -0.39 is 0 Å². The van der Waals surface area contributed by atoms with Gasteiger partial charge in [0.25, 0.3) is 5.91 Å². The van der Waals surface area contributed by atoms with Crippen LogP contribution in [0, 0.1) is 13.8 Å². The normalized spacial score (nSPS) is 10.4. The highest BCUT2D eigenvalue weighted by Crippen LogP contribution is 2.14. The van der Waals surface area contributed by atoms with Crippen LogP contribution >= 0.6 is 0 Å². The molecule has 8 heteroatoms. The SMILES string of the molecule is COc1ccc(CNC(=O)c2cc(C)nc(Nc3cc(C)on3)n2)cc1. The number of carbonyl (C=O) groups excluding carboxylic acids is 1. The predicted octanol–water partition coefficient (Wildman–Crippen LogP) is 2.76. The Kier molecular flexibility index (Phi) is 5.12. The summed E-state index contributed by atoms with van der Waals surface area (Å²) >= 11 is 0. The summed E-state index contributed by atoms with van der Waals surface area (Å²) in [6.45, 7) is 3.96. The number of carbonyl (C=O) groups is 1. The van der Waals surface area contributed by atoms with Gasteiger partial charge in [0.15, 0.2) is 5.82 Å². The molecular formula is C18H19N5O3. The van der Waals surface area contributed by atoms with E-state index in [0.717, 1.165) is 11.3 Å². The van der Waals surface area contributed by atoms with Crippen molar-refractivity contribution in [1.29, 1.82) is 0 Å². The Labute approximate surface area is 150 Å². The van der Waals surface area contributed by atoms with Gasteiger partial charge in [-0.15, -0.1) is 0 Å². The van der Waals surface area contributed by atoms with Gasteiger partial charge in [-0.2, -0.15) is 0 Å². The number of nitrogens with zero attached hydrogens (tertiary/aromatic N) is 3. The summed E-state index contributed by atoms with van der Waals surface area (Å²) in [6, 6.07) is 10.8. The fourth-order valence-electron chi connectivity index (χ4n) is 2.30. The van der Waals surface area contributed by atoms with E-state index in [1.165, 1.54) is 0 Å². The van der Waals surface area contributed by atoms with Gasteiger partial charge in [-0.25, -0.2) is 9.97 Å². The monoisotopic (exact) mass is 353 g/mol. The van der Waals surface area contributed by atoms with Crippen molar-refractivity contribution in [2.45, 2.75) is 20.4 Å². The number of aromatic nitrogens is 3. The quantitative estimate of drug-likeness (QED) is 0.702. The van der Waals surface area contributed by atoms with Crippen LogP contribution in [0.1, 0.15) is 27.5 Å². The molecule has 26 heavy (non-hydrogen) atoms. The fraction of sp³-hybridized carbons (Fsp3) is 0.222. The lowest BCUT2D eigenvalue weighted by atomic mass is 10.2. The maximum atomic E-state index is 12.4. The van der Waals surface area contributed by atoms with Crippen molar-refractivity contribution < 1.29 is 14.1 Å². The van der Waals surface area contributed by atoms with Gasteiger partial charge in [0, 0.05) is 18.3 Å². The van der Waals surface area contributed by atoms with Crippen molar-refractivity contribution in [3.05, 3.63) is 59.1 Å². The maximum absolute atomic E-state index is 12.4. The first-order chi connectivity index (χ1) is 12.5. The molecular weight excluding hydrogens is 334 g/mol. The van der Waals surface area contributed by atoms with Gasteiger partial charge < -0.3 is 19.9 Å². The van der Waals surface area contributed by atoms with Gasteiger partial charge in [-0.1, -0.05) is 17.3 Å². The van der Waals surface area contributed by atoms with Crippen LogP contribution < -0.4 is 15.4 Å². The lowest BCUT2D eigenvalue weighted by Gasteiger charge is -2.08. The summed E-state index contributed by atoms with van der Waals surface area (Å²) in [7, 11) is 1.61. The molecule has 2 N–H and O–H groups in total. The highest BCUT2D eigenvalue weighted by molar-refractivity contribution is 5.92. The molecule has 1 amide bonds. The van der Waals surface area contributed by atoms with Crippen molar-refractivity contribution in [2.24, 2.45) is 0 Å². The third-order valence-electron chi connectivity index (χ3n) is 3.57. The zero-order valence-corrected chi connectivity index (χ0v) is 14.7. The molecule has 0 bridgehead atoms. The molecule has 0 atom stereocenters. The highest BCUT2D eigenvalue weighted by atomic mass is 16.5. The topological polar surface area (TPSA) is 102 Å². The summed E-state index contributed by atoms with van der Waals surface area (Å²) < 4.78 is 10.1. The number of hydrogen-bond acceptors (Lipinski definition) is 7. The van der Waals surface area contributed by atoms with Crippen LogP contribution in [0.4, 0.5) is 11.8 Å². The van der Waals surface area contributed by atoms with E-state index in [1.807, 2.05) is 24.3 Å². The third kappa shape index (κ3) is 4.35. The van der Waals surface area contributed by atoms with Gasteiger partial charge in [0.05, 0.1) is 7.11 Å². The van der Waals surface area contributed by atoms with Crippen molar-refractivity contribution >= 4 is 17.7 Å². The van der Waals surface area contributed by atoms with E-state index in [2.05, 4.69) is 25.8 Å². The Hall–Kier alpha value is -3.42. The molecule has 0 saturated carbocycles. The van der Waals surface area contributed by atoms with E-state index in [4.69, 9.17) is 9.26 Å². The molecule has 2 aromatic heterocycles. The Morgan fingerprint density at radius 3 is 2.58 bits per heavy atom. The third-order valence-corrected chi connectivity index (χ3v) is 3.57. The maximum Gasteiger partial charge on any atom is 0.270 e. The largest absolute Gasteiger partial charge is 0.497 e. The average Bonchev–Trinajstić information content (AvgIpc) is 3.04. The van der Waals surface area contributed by atoms with E-state index >= 15 is 0 Å². The molecule has 1 aromatic carbocycles. The summed E-state index contributed by atoms with van der Waals surface area (Å²) in [5.41, 5.74) is 1.90. The number of ether oxygens (including phenoxy) is 1. The average molecular weight is 353 g/mol. The number of anilines is 2.